The van der Waals surface area contributed by atoms with Crippen molar-refractivity contribution in [3.05, 3.63) is 54.6 Å². The lowest BCUT2D eigenvalue weighted by atomic mass is 10.2. The summed E-state index contributed by atoms with van der Waals surface area (Å²) >= 11 is 0. The van der Waals surface area contributed by atoms with Crippen molar-refractivity contribution in [2.24, 2.45) is 0 Å². The van der Waals surface area contributed by atoms with Gasteiger partial charge in [0.25, 0.3) is 5.91 Å². The van der Waals surface area contributed by atoms with Gasteiger partial charge in [0, 0.05) is 31.0 Å². The largest absolute Gasteiger partial charge is 0.352 e. The first kappa shape index (κ1) is 11.4. The second kappa shape index (κ2) is 5.84. The minimum absolute atomic E-state index is 0.0174. The Hall–Kier alpha value is -2.10. The van der Waals surface area contributed by atoms with E-state index in [0.717, 1.165) is 13.0 Å². The summed E-state index contributed by atoms with van der Waals surface area (Å²) < 4.78 is 1.99. The summed E-state index contributed by atoms with van der Waals surface area (Å²) in [4.78, 5) is 15.6. The third kappa shape index (κ3) is 3.45. The maximum Gasteiger partial charge on any atom is 0.251 e. The van der Waals surface area contributed by atoms with Crippen molar-refractivity contribution in [2.45, 2.75) is 13.0 Å². The number of aryl methyl sites for hydroxylation is 1. The molecule has 1 aromatic heterocycles. The molecule has 0 aliphatic rings. The molecule has 0 saturated carbocycles. The van der Waals surface area contributed by atoms with Crippen LogP contribution in [0.1, 0.15) is 16.8 Å². The van der Waals surface area contributed by atoms with Crippen LogP contribution in [0.25, 0.3) is 0 Å². The Morgan fingerprint density at radius 3 is 2.82 bits per heavy atom. The lowest BCUT2D eigenvalue weighted by molar-refractivity contribution is 0.0952. The highest BCUT2D eigenvalue weighted by Crippen LogP contribution is 1.98. The van der Waals surface area contributed by atoms with Gasteiger partial charge in [0.1, 0.15) is 0 Å². The predicted molar refractivity (Wildman–Crippen MR) is 65.6 cm³/mol. The lowest BCUT2D eigenvalue weighted by Crippen LogP contribution is -2.25. The number of carbonyl (C=O) groups excluding carboxylic acids is 1. The van der Waals surface area contributed by atoms with E-state index in [-0.39, 0.29) is 5.91 Å². The fourth-order valence-corrected chi connectivity index (χ4v) is 1.57. The average Bonchev–Trinajstić information content (AvgIpc) is 2.88. The first-order valence-corrected chi connectivity index (χ1v) is 5.65. The molecule has 2 rings (SSSR count). The molecular formula is C13H15N3O. The van der Waals surface area contributed by atoms with Crippen LogP contribution in [0.15, 0.2) is 49.1 Å². The van der Waals surface area contributed by atoms with Crippen LogP contribution >= 0.6 is 0 Å². The fourth-order valence-electron chi connectivity index (χ4n) is 1.57. The molecule has 0 aliphatic carbocycles. The SMILES string of the molecule is O=C(NCCCn1ccnc1)c1ccccc1. The van der Waals surface area contributed by atoms with Gasteiger partial charge in [-0.15, -0.1) is 0 Å². The van der Waals surface area contributed by atoms with Crippen molar-refractivity contribution in [3.8, 4) is 0 Å². The van der Waals surface area contributed by atoms with Crippen molar-refractivity contribution < 1.29 is 4.79 Å². The van der Waals surface area contributed by atoms with Crippen LogP contribution in [0.5, 0.6) is 0 Å². The Labute approximate surface area is 100 Å². The third-order valence-electron chi connectivity index (χ3n) is 2.47. The van der Waals surface area contributed by atoms with E-state index in [9.17, 15) is 4.79 Å². The number of hydrogen-bond acceptors (Lipinski definition) is 2. The summed E-state index contributed by atoms with van der Waals surface area (Å²) in [7, 11) is 0. The predicted octanol–water partition coefficient (Wildman–Crippen LogP) is 1.70. The Balaban J connectivity index is 1.70. The fraction of sp³-hybridized carbons (Fsp3) is 0.231. The highest BCUT2D eigenvalue weighted by atomic mass is 16.1. The normalized spacial score (nSPS) is 10.1. The quantitative estimate of drug-likeness (QED) is 0.793. The van der Waals surface area contributed by atoms with Crippen molar-refractivity contribution in [1.82, 2.24) is 14.9 Å². The van der Waals surface area contributed by atoms with Crippen LogP contribution in [-0.4, -0.2) is 22.0 Å². The molecule has 1 heterocycles. The van der Waals surface area contributed by atoms with Crippen molar-refractivity contribution >= 4 is 5.91 Å². The number of imidazole rings is 1. The second-order valence-corrected chi connectivity index (χ2v) is 3.78. The Kier molecular flexibility index (Phi) is 3.91. The Morgan fingerprint density at radius 1 is 1.29 bits per heavy atom. The van der Waals surface area contributed by atoms with E-state index in [0.29, 0.717) is 12.1 Å². The molecule has 0 radical (unpaired) electrons. The molecule has 1 aromatic carbocycles. The molecule has 0 atom stereocenters. The number of carbonyl (C=O) groups is 1. The number of amides is 1. The number of benzene rings is 1. The topological polar surface area (TPSA) is 46.9 Å². The molecule has 1 N–H and O–H groups in total. The van der Waals surface area contributed by atoms with Gasteiger partial charge in [-0.1, -0.05) is 18.2 Å². The molecule has 17 heavy (non-hydrogen) atoms. The summed E-state index contributed by atoms with van der Waals surface area (Å²) in [5, 5.41) is 2.89. The van der Waals surface area contributed by atoms with Crippen molar-refractivity contribution in [3.63, 3.8) is 0 Å². The number of nitrogens with zero attached hydrogens (tertiary/aromatic N) is 2. The van der Waals surface area contributed by atoms with Gasteiger partial charge in [-0.05, 0) is 18.6 Å². The van der Waals surface area contributed by atoms with Crippen LogP contribution in [-0.2, 0) is 6.54 Å². The average molecular weight is 229 g/mol. The van der Waals surface area contributed by atoms with E-state index in [4.69, 9.17) is 0 Å². The van der Waals surface area contributed by atoms with Crippen LogP contribution < -0.4 is 5.32 Å². The van der Waals surface area contributed by atoms with E-state index in [1.165, 1.54) is 0 Å². The molecule has 0 fully saturated rings. The third-order valence-corrected chi connectivity index (χ3v) is 2.47. The van der Waals surface area contributed by atoms with Crippen LogP contribution in [0.2, 0.25) is 0 Å². The van der Waals surface area contributed by atoms with Gasteiger partial charge in [0.2, 0.25) is 0 Å². The molecule has 4 heteroatoms. The molecule has 0 bridgehead atoms. The van der Waals surface area contributed by atoms with Crippen molar-refractivity contribution in [2.75, 3.05) is 6.54 Å². The zero-order valence-corrected chi connectivity index (χ0v) is 9.54. The van der Waals surface area contributed by atoms with E-state index < -0.39 is 0 Å². The monoisotopic (exact) mass is 229 g/mol. The minimum Gasteiger partial charge on any atom is -0.352 e. The highest BCUT2D eigenvalue weighted by molar-refractivity contribution is 5.94. The van der Waals surface area contributed by atoms with E-state index >= 15 is 0 Å². The summed E-state index contributed by atoms with van der Waals surface area (Å²) in [5.74, 6) is -0.0174. The smallest absolute Gasteiger partial charge is 0.251 e. The van der Waals surface area contributed by atoms with Crippen LogP contribution in [0, 0.1) is 0 Å². The van der Waals surface area contributed by atoms with Gasteiger partial charge in [-0.25, -0.2) is 4.98 Å². The Bertz CT molecular complexity index is 451. The second-order valence-electron chi connectivity index (χ2n) is 3.78. The molecule has 0 saturated heterocycles. The molecule has 4 nitrogen and oxygen atoms in total. The molecule has 2 aromatic rings. The summed E-state index contributed by atoms with van der Waals surface area (Å²) in [6.07, 6.45) is 6.34. The number of nitrogens with one attached hydrogen (secondary N) is 1. The summed E-state index contributed by atoms with van der Waals surface area (Å²) in [6.45, 7) is 1.54. The van der Waals surface area contributed by atoms with Gasteiger partial charge in [0.05, 0.1) is 6.33 Å². The number of hydrogen-bond donors (Lipinski definition) is 1. The Morgan fingerprint density at radius 2 is 2.12 bits per heavy atom. The highest BCUT2D eigenvalue weighted by Gasteiger charge is 2.02. The molecule has 0 unspecified atom stereocenters. The minimum atomic E-state index is -0.0174. The molecule has 0 spiro atoms. The standard InChI is InChI=1S/C13H15N3O/c17-13(12-5-2-1-3-6-12)15-7-4-9-16-10-8-14-11-16/h1-3,5-6,8,10-11H,4,7,9H2,(H,15,17). The van der Waals surface area contributed by atoms with Gasteiger partial charge in [-0.2, -0.15) is 0 Å². The van der Waals surface area contributed by atoms with Gasteiger partial charge in [0.15, 0.2) is 0 Å². The number of aromatic nitrogens is 2. The lowest BCUT2D eigenvalue weighted by Gasteiger charge is -2.05. The zero-order valence-electron chi connectivity index (χ0n) is 9.54. The van der Waals surface area contributed by atoms with Crippen LogP contribution in [0.3, 0.4) is 0 Å². The van der Waals surface area contributed by atoms with Gasteiger partial charge < -0.3 is 9.88 Å². The van der Waals surface area contributed by atoms with Gasteiger partial charge >= 0.3 is 0 Å². The maximum absolute atomic E-state index is 11.7. The molecule has 0 aliphatic heterocycles. The van der Waals surface area contributed by atoms with Crippen molar-refractivity contribution in [1.29, 1.82) is 0 Å². The van der Waals surface area contributed by atoms with E-state index in [1.807, 2.05) is 41.1 Å². The maximum atomic E-state index is 11.7. The summed E-state index contributed by atoms with van der Waals surface area (Å²) in [6, 6.07) is 9.24. The molecule has 88 valence electrons. The molecular weight excluding hydrogens is 214 g/mol. The summed E-state index contributed by atoms with van der Waals surface area (Å²) in [5.41, 5.74) is 0.704. The molecule has 1 amide bonds. The van der Waals surface area contributed by atoms with Gasteiger partial charge in [-0.3, -0.25) is 4.79 Å². The van der Waals surface area contributed by atoms with E-state index in [1.54, 1.807) is 12.5 Å². The first-order chi connectivity index (χ1) is 8.36. The van der Waals surface area contributed by atoms with E-state index in [2.05, 4.69) is 10.3 Å². The zero-order chi connectivity index (χ0) is 11.9. The van der Waals surface area contributed by atoms with Crippen LogP contribution in [0.4, 0.5) is 0 Å². The first-order valence-electron chi connectivity index (χ1n) is 5.65. The number of rotatable bonds is 5.